The first kappa shape index (κ1) is 20.8. The largest absolute Gasteiger partial charge is 0.416 e. The van der Waals surface area contributed by atoms with Crippen LogP contribution in [0.4, 0.5) is 19.1 Å². The predicted octanol–water partition coefficient (Wildman–Crippen LogP) is 5.57. The summed E-state index contributed by atoms with van der Waals surface area (Å²) in [5.41, 5.74) is 3.07. The summed E-state index contributed by atoms with van der Waals surface area (Å²) in [5.74, 6) is 0.624. The van der Waals surface area contributed by atoms with E-state index in [9.17, 15) is 18.0 Å². The number of benzene rings is 2. The molecule has 1 aliphatic rings. The van der Waals surface area contributed by atoms with Gasteiger partial charge in [-0.25, -0.2) is 9.97 Å². The average molecular weight is 423 g/mol. The molecule has 1 aromatic heterocycles. The van der Waals surface area contributed by atoms with Crippen molar-refractivity contribution in [3.63, 3.8) is 0 Å². The van der Waals surface area contributed by atoms with E-state index >= 15 is 0 Å². The fourth-order valence-corrected chi connectivity index (χ4v) is 3.69. The van der Waals surface area contributed by atoms with Crippen molar-refractivity contribution >= 4 is 11.7 Å². The maximum absolute atomic E-state index is 13.0. The SMILES string of the molecule is CC1=C(C(=O)c2ccc(-c3ccc(C(F)(F)F)cc3)cc2)CCN(c2ncccn2)C1. The number of nitrogens with zero attached hydrogens (tertiary/aromatic N) is 3. The van der Waals surface area contributed by atoms with Crippen LogP contribution in [-0.4, -0.2) is 28.8 Å². The second kappa shape index (κ2) is 8.34. The summed E-state index contributed by atoms with van der Waals surface area (Å²) in [6.07, 6.45) is -0.368. The molecule has 0 atom stereocenters. The summed E-state index contributed by atoms with van der Waals surface area (Å²) in [4.78, 5) is 23.6. The van der Waals surface area contributed by atoms with Crippen molar-refractivity contribution in [1.29, 1.82) is 0 Å². The van der Waals surface area contributed by atoms with E-state index in [2.05, 4.69) is 9.97 Å². The van der Waals surface area contributed by atoms with Crippen LogP contribution < -0.4 is 4.90 Å². The van der Waals surface area contributed by atoms with Crippen LogP contribution >= 0.6 is 0 Å². The van der Waals surface area contributed by atoms with Gasteiger partial charge in [0.1, 0.15) is 0 Å². The molecule has 1 aliphatic heterocycles. The Hall–Kier alpha value is -3.48. The van der Waals surface area contributed by atoms with E-state index in [4.69, 9.17) is 0 Å². The van der Waals surface area contributed by atoms with Crippen LogP contribution in [0.5, 0.6) is 0 Å². The highest BCUT2D eigenvalue weighted by molar-refractivity contribution is 6.09. The van der Waals surface area contributed by atoms with Gasteiger partial charge in [0.25, 0.3) is 0 Å². The number of ketones is 1. The van der Waals surface area contributed by atoms with Gasteiger partial charge in [-0.15, -0.1) is 0 Å². The van der Waals surface area contributed by atoms with Gasteiger partial charge in [-0.1, -0.05) is 36.4 Å². The minimum absolute atomic E-state index is 0.0231. The summed E-state index contributed by atoms with van der Waals surface area (Å²) in [6, 6.07) is 13.7. The van der Waals surface area contributed by atoms with E-state index in [0.717, 1.165) is 28.8 Å². The van der Waals surface area contributed by atoms with Gasteiger partial charge in [0.15, 0.2) is 5.78 Å². The Balaban J connectivity index is 1.49. The van der Waals surface area contributed by atoms with Gasteiger partial charge in [0.05, 0.1) is 5.56 Å². The first-order valence-electron chi connectivity index (χ1n) is 9.86. The summed E-state index contributed by atoms with van der Waals surface area (Å²) in [6.45, 7) is 3.19. The average Bonchev–Trinajstić information content (AvgIpc) is 2.79. The Morgan fingerprint density at radius 2 is 1.52 bits per heavy atom. The lowest BCUT2D eigenvalue weighted by atomic mass is 9.92. The third-order valence-corrected chi connectivity index (χ3v) is 5.38. The van der Waals surface area contributed by atoms with Gasteiger partial charge in [-0.3, -0.25) is 4.79 Å². The molecule has 0 fully saturated rings. The monoisotopic (exact) mass is 423 g/mol. The number of carbonyl (C=O) groups is 1. The fourth-order valence-electron chi connectivity index (χ4n) is 3.69. The molecule has 0 aliphatic carbocycles. The Morgan fingerprint density at radius 3 is 2.06 bits per heavy atom. The van der Waals surface area contributed by atoms with E-state index in [1.807, 2.05) is 11.8 Å². The Bertz CT molecular complexity index is 1110. The molecular formula is C24H20F3N3O. The molecule has 4 nitrogen and oxygen atoms in total. The van der Waals surface area contributed by atoms with Crippen LogP contribution in [0.25, 0.3) is 11.1 Å². The molecule has 0 spiro atoms. The fraction of sp³-hybridized carbons (Fsp3) is 0.208. The van der Waals surface area contributed by atoms with Crippen LogP contribution in [0, 0.1) is 0 Å². The number of hydrogen-bond donors (Lipinski definition) is 0. The van der Waals surface area contributed by atoms with Crippen molar-refractivity contribution in [2.24, 2.45) is 0 Å². The molecule has 31 heavy (non-hydrogen) atoms. The molecule has 0 amide bonds. The van der Waals surface area contributed by atoms with E-state index in [1.165, 1.54) is 12.1 Å². The van der Waals surface area contributed by atoms with Gasteiger partial charge >= 0.3 is 6.18 Å². The molecule has 0 radical (unpaired) electrons. The highest BCUT2D eigenvalue weighted by atomic mass is 19.4. The first-order valence-corrected chi connectivity index (χ1v) is 9.86. The molecule has 0 saturated heterocycles. The lowest BCUT2D eigenvalue weighted by molar-refractivity contribution is -0.137. The molecule has 2 heterocycles. The van der Waals surface area contributed by atoms with Gasteiger partial charge in [-0.2, -0.15) is 13.2 Å². The van der Waals surface area contributed by atoms with Gasteiger partial charge in [-0.05, 0) is 48.2 Å². The number of rotatable bonds is 4. The third-order valence-electron chi connectivity index (χ3n) is 5.38. The number of alkyl halides is 3. The number of carbonyl (C=O) groups excluding carboxylic acids is 1. The molecule has 0 bridgehead atoms. The second-order valence-electron chi connectivity index (χ2n) is 7.46. The topological polar surface area (TPSA) is 46.1 Å². The maximum atomic E-state index is 13.0. The number of halogens is 3. The zero-order chi connectivity index (χ0) is 22.0. The first-order chi connectivity index (χ1) is 14.8. The molecule has 158 valence electrons. The molecule has 3 aromatic rings. The highest BCUT2D eigenvalue weighted by Gasteiger charge is 2.30. The summed E-state index contributed by atoms with van der Waals surface area (Å²) in [5, 5.41) is 0. The zero-order valence-electron chi connectivity index (χ0n) is 16.9. The smallest absolute Gasteiger partial charge is 0.336 e. The van der Waals surface area contributed by atoms with Gasteiger partial charge in [0, 0.05) is 36.6 Å². The Labute approximate surface area is 178 Å². The van der Waals surface area contributed by atoms with E-state index in [0.29, 0.717) is 36.6 Å². The van der Waals surface area contributed by atoms with Crippen molar-refractivity contribution in [2.75, 3.05) is 18.0 Å². The number of anilines is 1. The quantitative estimate of drug-likeness (QED) is 0.515. The van der Waals surface area contributed by atoms with E-state index in [1.54, 1.807) is 42.7 Å². The second-order valence-corrected chi connectivity index (χ2v) is 7.46. The van der Waals surface area contributed by atoms with Crippen LogP contribution in [0.1, 0.15) is 29.3 Å². The molecule has 0 N–H and O–H groups in total. The normalized spacial score (nSPS) is 14.6. The maximum Gasteiger partial charge on any atom is 0.416 e. The molecule has 2 aromatic carbocycles. The van der Waals surface area contributed by atoms with E-state index in [-0.39, 0.29) is 5.78 Å². The number of aromatic nitrogens is 2. The molecule has 4 rings (SSSR count). The zero-order valence-corrected chi connectivity index (χ0v) is 16.9. The standard InChI is InChI=1S/C24H20F3N3O/c1-16-15-30(23-28-12-2-13-29-23)14-11-21(16)22(31)19-5-3-17(4-6-19)18-7-9-20(10-8-18)24(25,26)27/h2-10,12-13H,11,14-15H2,1H3. The Morgan fingerprint density at radius 1 is 0.935 bits per heavy atom. The van der Waals surface area contributed by atoms with Gasteiger partial charge in [0.2, 0.25) is 5.95 Å². The van der Waals surface area contributed by atoms with Crippen molar-refractivity contribution in [2.45, 2.75) is 19.5 Å². The predicted molar refractivity (Wildman–Crippen MR) is 113 cm³/mol. The highest BCUT2D eigenvalue weighted by Crippen LogP contribution is 2.31. The Kier molecular flexibility index (Phi) is 5.59. The van der Waals surface area contributed by atoms with Crippen molar-refractivity contribution < 1.29 is 18.0 Å². The van der Waals surface area contributed by atoms with Crippen molar-refractivity contribution in [1.82, 2.24) is 9.97 Å². The summed E-state index contributed by atoms with van der Waals surface area (Å²) in [7, 11) is 0. The molecule has 0 saturated carbocycles. The van der Waals surface area contributed by atoms with Gasteiger partial charge < -0.3 is 4.90 Å². The molecule has 7 heteroatoms. The lowest BCUT2D eigenvalue weighted by Crippen LogP contribution is -2.33. The summed E-state index contributed by atoms with van der Waals surface area (Å²) < 4.78 is 38.2. The van der Waals surface area contributed by atoms with Crippen LogP contribution in [-0.2, 0) is 6.18 Å². The lowest BCUT2D eigenvalue weighted by Gasteiger charge is -2.29. The van der Waals surface area contributed by atoms with Crippen LogP contribution in [0.2, 0.25) is 0 Å². The minimum Gasteiger partial charge on any atom is -0.336 e. The number of Topliss-reactive ketones (excluding diaryl/α,β-unsaturated/α-hetero) is 1. The third kappa shape index (κ3) is 4.50. The summed E-state index contributed by atoms with van der Waals surface area (Å²) >= 11 is 0. The number of hydrogen-bond acceptors (Lipinski definition) is 4. The van der Waals surface area contributed by atoms with E-state index < -0.39 is 11.7 Å². The molecule has 0 unspecified atom stereocenters. The minimum atomic E-state index is -4.36. The van der Waals surface area contributed by atoms with Crippen LogP contribution in [0.3, 0.4) is 0 Å². The molecular weight excluding hydrogens is 403 g/mol. The van der Waals surface area contributed by atoms with Crippen LogP contribution in [0.15, 0.2) is 78.1 Å². The van der Waals surface area contributed by atoms with Crippen molar-refractivity contribution in [3.05, 3.63) is 89.3 Å². The van der Waals surface area contributed by atoms with Crippen molar-refractivity contribution in [3.8, 4) is 11.1 Å².